The Morgan fingerprint density at radius 2 is 2.15 bits per heavy atom. The van der Waals surface area contributed by atoms with E-state index in [1.54, 1.807) is 0 Å². The summed E-state index contributed by atoms with van der Waals surface area (Å²) in [5.41, 5.74) is 1.81. The number of benzene rings is 1. The monoisotopic (exact) mass is 277 g/mol. The minimum Gasteiger partial charge on any atom is -0.328 e. The largest absolute Gasteiger partial charge is 0.328 e. The van der Waals surface area contributed by atoms with Crippen molar-refractivity contribution in [2.75, 3.05) is 6.54 Å². The Hall–Kier alpha value is -1.42. The van der Waals surface area contributed by atoms with Crippen LogP contribution in [0.2, 0.25) is 0 Å². The number of aromatic nitrogens is 2. The summed E-state index contributed by atoms with van der Waals surface area (Å²) >= 11 is 0. The average Bonchev–Trinajstić information content (AvgIpc) is 2.72. The molecular formula is C16H24FN3. The van der Waals surface area contributed by atoms with Crippen LogP contribution in [-0.4, -0.2) is 22.1 Å². The Morgan fingerprint density at radius 3 is 2.85 bits per heavy atom. The maximum absolute atomic E-state index is 13.3. The molecule has 20 heavy (non-hydrogen) atoms. The number of fused-ring (bicyclic) bond motifs is 1. The highest BCUT2D eigenvalue weighted by Crippen LogP contribution is 2.18. The Bertz CT molecular complexity index is 560. The molecule has 3 nitrogen and oxygen atoms in total. The lowest BCUT2D eigenvalue weighted by Gasteiger charge is -2.10. The molecule has 4 heteroatoms. The van der Waals surface area contributed by atoms with Gasteiger partial charge in [0.25, 0.3) is 0 Å². The maximum Gasteiger partial charge on any atom is 0.125 e. The van der Waals surface area contributed by atoms with Gasteiger partial charge < -0.3 is 9.88 Å². The van der Waals surface area contributed by atoms with Crippen molar-refractivity contribution in [1.82, 2.24) is 14.9 Å². The minimum absolute atomic E-state index is 0.218. The second-order valence-corrected chi connectivity index (χ2v) is 5.53. The molecule has 110 valence electrons. The van der Waals surface area contributed by atoms with Crippen LogP contribution in [0.15, 0.2) is 18.2 Å². The van der Waals surface area contributed by atoms with Crippen molar-refractivity contribution in [1.29, 1.82) is 0 Å². The molecule has 0 bridgehead atoms. The number of imidazole rings is 1. The fourth-order valence-corrected chi connectivity index (χ4v) is 2.38. The summed E-state index contributed by atoms with van der Waals surface area (Å²) < 4.78 is 15.6. The van der Waals surface area contributed by atoms with Crippen LogP contribution in [0.25, 0.3) is 11.0 Å². The zero-order chi connectivity index (χ0) is 14.5. The van der Waals surface area contributed by atoms with Crippen molar-refractivity contribution < 1.29 is 4.39 Å². The molecule has 1 heterocycles. The highest BCUT2D eigenvalue weighted by Gasteiger charge is 2.11. The standard InChI is InChI=1S/C16H24FN3/c1-4-5-10-20-15-7-6-13(17)11-14(15)19-16(20)8-9-18-12(2)3/h6-7,11-12,18H,4-5,8-10H2,1-3H3. The van der Waals surface area contributed by atoms with Gasteiger partial charge in [-0.2, -0.15) is 0 Å². The molecule has 2 aromatic rings. The summed E-state index contributed by atoms with van der Waals surface area (Å²) in [6.07, 6.45) is 3.14. The number of hydrogen-bond acceptors (Lipinski definition) is 2. The van der Waals surface area contributed by atoms with Gasteiger partial charge >= 0.3 is 0 Å². The number of nitrogens with zero attached hydrogens (tertiary/aromatic N) is 2. The molecule has 1 N–H and O–H groups in total. The van der Waals surface area contributed by atoms with Gasteiger partial charge in [-0.15, -0.1) is 0 Å². The summed E-state index contributed by atoms with van der Waals surface area (Å²) in [7, 11) is 0. The van der Waals surface area contributed by atoms with Crippen LogP contribution in [-0.2, 0) is 13.0 Å². The number of rotatable bonds is 7. The van der Waals surface area contributed by atoms with Crippen molar-refractivity contribution in [3.8, 4) is 0 Å². The molecule has 0 atom stereocenters. The van der Waals surface area contributed by atoms with E-state index < -0.39 is 0 Å². The average molecular weight is 277 g/mol. The van der Waals surface area contributed by atoms with E-state index in [4.69, 9.17) is 0 Å². The smallest absolute Gasteiger partial charge is 0.125 e. The van der Waals surface area contributed by atoms with Gasteiger partial charge in [-0.3, -0.25) is 0 Å². The summed E-state index contributed by atoms with van der Waals surface area (Å²) in [6, 6.07) is 5.35. The third kappa shape index (κ3) is 3.57. The van der Waals surface area contributed by atoms with E-state index in [2.05, 4.69) is 35.6 Å². The van der Waals surface area contributed by atoms with Crippen LogP contribution in [0.1, 0.15) is 39.4 Å². The molecule has 1 aromatic carbocycles. The molecule has 0 spiro atoms. The normalized spacial score (nSPS) is 11.7. The van der Waals surface area contributed by atoms with Gasteiger partial charge in [0.1, 0.15) is 11.6 Å². The molecule has 2 rings (SSSR count). The lowest BCUT2D eigenvalue weighted by Crippen LogP contribution is -2.25. The Labute approximate surface area is 120 Å². The van der Waals surface area contributed by atoms with E-state index >= 15 is 0 Å². The van der Waals surface area contributed by atoms with E-state index in [-0.39, 0.29) is 5.82 Å². The summed E-state index contributed by atoms with van der Waals surface area (Å²) in [5.74, 6) is 0.830. The Morgan fingerprint density at radius 1 is 1.35 bits per heavy atom. The maximum atomic E-state index is 13.3. The van der Waals surface area contributed by atoms with Crippen LogP contribution < -0.4 is 5.32 Å². The van der Waals surface area contributed by atoms with Crippen molar-refractivity contribution in [2.24, 2.45) is 0 Å². The van der Waals surface area contributed by atoms with Crippen molar-refractivity contribution in [2.45, 2.75) is 52.6 Å². The van der Waals surface area contributed by atoms with Gasteiger partial charge in [-0.05, 0) is 18.6 Å². The van der Waals surface area contributed by atoms with Gasteiger partial charge in [-0.1, -0.05) is 27.2 Å². The van der Waals surface area contributed by atoms with E-state index in [0.29, 0.717) is 6.04 Å². The molecule has 0 saturated carbocycles. The number of hydrogen-bond donors (Lipinski definition) is 1. The van der Waals surface area contributed by atoms with E-state index in [0.717, 1.165) is 49.2 Å². The Kier molecular flexibility index (Phi) is 5.12. The molecular weight excluding hydrogens is 253 g/mol. The van der Waals surface area contributed by atoms with Crippen LogP contribution in [0.4, 0.5) is 4.39 Å². The fraction of sp³-hybridized carbons (Fsp3) is 0.562. The van der Waals surface area contributed by atoms with E-state index in [1.807, 2.05) is 6.07 Å². The fourth-order valence-electron chi connectivity index (χ4n) is 2.38. The van der Waals surface area contributed by atoms with Crippen LogP contribution >= 0.6 is 0 Å². The molecule has 0 fully saturated rings. The van der Waals surface area contributed by atoms with Gasteiger partial charge in [0.15, 0.2) is 0 Å². The quantitative estimate of drug-likeness (QED) is 0.839. The second-order valence-electron chi connectivity index (χ2n) is 5.53. The first kappa shape index (κ1) is 15.0. The van der Waals surface area contributed by atoms with Crippen molar-refractivity contribution in [3.63, 3.8) is 0 Å². The SMILES string of the molecule is CCCCn1c(CCNC(C)C)nc2cc(F)ccc21. The van der Waals surface area contributed by atoms with E-state index in [9.17, 15) is 4.39 Å². The lowest BCUT2D eigenvalue weighted by molar-refractivity contribution is 0.561. The molecule has 0 saturated heterocycles. The summed E-state index contributed by atoms with van der Waals surface area (Å²) in [5, 5.41) is 3.41. The predicted octanol–water partition coefficient (Wildman–Crippen LogP) is 3.52. The molecule has 0 aliphatic heterocycles. The molecule has 0 amide bonds. The van der Waals surface area contributed by atoms with Crippen LogP contribution in [0, 0.1) is 5.82 Å². The van der Waals surface area contributed by atoms with Gasteiger partial charge in [0.2, 0.25) is 0 Å². The van der Waals surface area contributed by atoms with Gasteiger partial charge in [0.05, 0.1) is 11.0 Å². The van der Waals surface area contributed by atoms with Gasteiger partial charge in [0, 0.05) is 31.6 Å². The number of halogens is 1. The molecule has 0 aliphatic carbocycles. The Balaban J connectivity index is 2.25. The predicted molar refractivity (Wildman–Crippen MR) is 81.4 cm³/mol. The minimum atomic E-state index is -0.218. The highest BCUT2D eigenvalue weighted by molar-refractivity contribution is 5.76. The zero-order valence-corrected chi connectivity index (χ0v) is 12.6. The van der Waals surface area contributed by atoms with Gasteiger partial charge in [-0.25, -0.2) is 9.37 Å². The molecule has 0 radical (unpaired) electrons. The zero-order valence-electron chi connectivity index (χ0n) is 12.6. The van der Waals surface area contributed by atoms with Crippen LogP contribution in [0.5, 0.6) is 0 Å². The number of nitrogens with one attached hydrogen (secondary N) is 1. The molecule has 1 aromatic heterocycles. The topological polar surface area (TPSA) is 29.9 Å². The molecule has 0 unspecified atom stereocenters. The first-order chi connectivity index (χ1) is 9.61. The van der Waals surface area contributed by atoms with E-state index in [1.165, 1.54) is 12.1 Å². The van der Waals surface area contributed by atoms with Crippen molar-refractivity contribution in [3.05, 3.63) is 29.8 Å². The third-order valence-electron chi connectivity index (χ3n) is 3.43. The first-order valence-electron chi connectivity index (χ1n) is 7.50. The molecule has 0 aliphatic rings. The third-order valence-corrected chi connectivity index (χ3v) is 3.43. The second kappa shape index (κ2) is 6.84. The lowest BCUT2D eigenvalue weighted by atomic mass is 10.3. The highest BCUT2D eigenvalue weighted by atomic mass is 19.1. The number of unbranched alkanes of at least 4 members (excludes halogenated alkanes) is 1. The summed E-state index contributed by atoms with van der Waals surface area (Å²) in [6.45, 7) is 8.30. The first-order valence-corrected chi connectivity index (χ1v) is 7.50. The van der Waals surface area contributed by atoms with Crippen LogP contribution in [0.3, 0.4) is 0 Å². The number of aryl methyl sites for hydroxylation is 1. The van der Waals surface area contributed by atoms with Crippen molar-refractivity contribution >= 4 is 11.0 Å². The summed E-state index contributed by atoms with van der Waals surface area (Å²) in [4.78, 5) is 4.61.